The number of Topliss-reactive ketones (excluding diaryl/α,β-unsaturated/α-hetero) is 1. The highest BCUT2D eigenvalue weighted by molar-refractivity contribution is 6.30. The summed E-state index contributed by atoms with van der Waals surface area (Å²) in [5, 5.41) is 11.0. The number of halogens is 1. The van der Waals surface area contributed by atoms with Crippen LogP contribution in [0.3, 0.4) is 0 Å². The Morgan fingerprint density at radius 3 is 2.27 bits per heavy atom. The molecule has 1 atom stereocenters. The van der Waals surface area contributed by atoms with Gasteiger partial charge in [0, 0.05) is 16.1 Å². The molecule has 2 heterocycles. The lowest BCUT2D eigenvalue weighted by Crippen LogP contribution is -2.32. The van der Waals surface area contributed by atoms with Crippen LogP contribution >= 0.6 is 11.6 Å². The summed E-state index contributed by atoms with van der Waals surface area (Å²) >= 11 is 5.94. The van der Waals surface area contributed by atoms with Gasteiger partial charge in [-0.1, -0.05) is 32.4 Å². The van der Waals surface area contributed by atoms with Gasteiger partial charge in [-0.3, -0.25) is 14.5 Å². The van der Waals surface area contributed by atoms with Crippen LogP contribution in [-0.4, -0.2) is 16.8 Å². The van der Waals surface area contributed by atoms with Gasteiger partial charge in [0.15, 0.2) is 11.5 Å². The number of amides is 1. The minimum absolute atomic E-state index is 0.0480. The minimum Gasteiger partial charge on any atom is -0.503 e. The lowest BCUT2D eigenvalue weighted by molar-refractivity contribution is -0.123. The summed E-state index contributed by atoms with van der Waals surface area (Å²) in [4.78, 5) is 27.2. The van der Waals surface area contributed by atoms with Crippen molar-refractivity contribution in [3.05, 3.63) is 64.3 Å². The second-order valence-corrected chi connectivity index (χ2v) is 7.78. The summed E-state index contributed by atoms with van der Waals surface area (Å²) in [6.45, 7) is 7.02. The maximum Gasteiger partial charge on any atom is 0.294 e. The highest BCUT2D eigenvalue weighted by Gasteiger charge is 2.48. The first-order chi connectivity index (χ1) is 12.1. The van der Waals surface area contributed by atoms with Crippen molar-refractivity contribution in [2.24, 2.45) is 5.41 Å². The van der Waals surface area contributed by atoms with E-state index in [2.05, 4.69) is 0 Å². The molecule has 0 saturated carbocycles. The SMILES string of the molecule is Cc1ccc(C2C(C(=O)C(C)(C)C)=C(O)C(=O)N2c2ccc(Cl)cc2)o1. The Kier molecular flexibility index (Phi) is 4.44. The van der Waals surface area contributed by atoms with Crippen LogP contribution in [0.5, 0.6) is 0 Å². The largest absolute Gasteiger partial charge is 0.503 e. The van der Waals surface area contributed by atoms with Gasteiger partial charge in [0.25, 0.3) is 5.91 Å². The molecule has 2 aromatic rings. The first kappa shape index (κ1) is 18.3. The predicted octanol–water partition coefficient (Wildman–Crippen LogP) is 4.76. The van der Waals surface area contributed by atoms with Crippen LogP contribution in [0.15, 0.2) is 52.1 Å². The lowest BCUT2D eigenvalue weighted by atomic mass is 9.83. The number of furan rings is 1. The second kappa shape index (κ2) is 6.32. The van der Waals surface area contributed by atoms with E-state index in [0.717, 1.165) is 0 Å². The van der Waals surface area contributed by atoms with Crippen LogP contribution in [0.1, 0.15) is 38.3 Å². The van der Waals surface area contributed by atoms with Crippen LogP contribution in [0, 0.1) is 12.3 Å². The molecular weight excluding hydrogens is 354 g/mol. The fraction of sp³-hybridized carbons (Fsp3) is 0.300. The highest BCUT2D eigenvalue weighted by atomic mass is 35.5. The van der Waals surface area contributed by atoms with Gasteiger partial charge < -0.3 is 9.52 Å². The Balaban J connectivity index is 2.18. The molecule has 0 spiro atoms. The van der Waals surface area contributed by atoms with Gasteiger partial charge in [-0.25, -0.2) is 0 Å². The van der Waals surface area contributed by atoms with Crippen molar-refractivity contribution < 1.29 is 19.1 Å². The van der Waals surface area contributed by atoms with Crippen molar-refractivity contribution in [1.82, 2.24) is 0 Å². The van der Waals surface area contributed by atoms with Gasteiger partial charge in [0.05, 0.1) is 5.57 Å². The second-order valence-electron chi connectivity index (χ2n) is 7.34. The molecule has 136 valence electrons. The molecule has 1 amide bonds. The molecule has 6 heteroatoms. The molecule has 1 aliphatic rings. The Morgan fingerprint density at radius 2 is 1.77 bits per heavy atom. The van der Waals surface area contributed by atoms with Crippen molar-refractivity contribution in [3.8, 4) is 0 Å². The van der Waals surface area contributed by atoms with Gasteiger partial charge in [-0.2, -0.15) is 0 Å². The smallest absolute Gasteiger partial charge is 0.294 e. The molecule has 0 radical (unpaired) electrons. The number of aliphatic hydroxyl groups excluding tert-OH is 1. The molecule has 0 bridgehead atoms. The lowest BCUT2D eigenvalue weighted by Gasteiger charge is -2.27. The number of aliphatic hydroxyl groups is 1. The number of carbonyl (C=O) groups excluding carboxylic acids is 2. The maximum absolute atomic E-state index is 13.0. The molecule has 1 aliphatic heterocycles. The number of rotatable bonds is 3. The standard InChI is InChI=1S/C20H20ClNO4/c1-11-5-10-14(26-11)16-15(18(24)20(2,3)4)17(23)19(25)22(16)13-8-6-12(21)7-9-13/h5-10,16,23H,1-4H3. The number of ketones is 1. The molecule has 3 rings (SSSR count). The number of carbonyl (C=O) groups is 2. The topological polar surface area (TPSA) is 70.8 Å². The number of nitrogens with zero attached hydrogens (tertiary/aromatic N) is 1. The van der Waals surface area contributed by atoms with Crippen LogP contribution < -0.4 is 4.90 Å². The number of hydrogen-bond donors (Lipinski definition) is 1. The van der Waals surface area contributed by atoms with Gasteiger partial charge >= 0.3 is 0 Å². The maximum atomic E-state index is 13.0. The van der Waals surface area contributed by atoms with Crippen molar-refractivity contribution in [1.29, 1.82) is 0 Å². The van der Waals surface area contributed by atoms with E-state index in [1.54, 1.807) is 64.1 Å². The molecule has 1 N–H and O–H groups in total. The van der Waals surface area contributed by atoms with Crippen molar-refractivity contribution >= 4 is 29.0 Å². The zero-order valence-corrected chi connectivity index (χ0v) is 15.8. The first-order valence-electron chi connectivity index (χ1n) is 8.24. The van der Waals surface area contributed by atoms with Crippen molar-refractivity contribution in [2.45, 2.75) is 33.7 Å². The molecule has 1 unspecified atom stereocenters. The summed E-state index contributed by atoms with van der Waals surface area (Å²) in [6, 6.07) is 9.27. The Labute approximate surface area is 156 Å². The molecule has 0 saturated heterocycles. The molecule has 0 aliphatic carbocycles. The van der Waals surface area contributed by atoms with Crippen LogP contribution in [0.4, 0.5) is 5.69 Å². The van der Waals surface area contributed by atoms with Crippen LogP contribution in [-0.2, 0) is 9.59 Å². The van der Waals surface area contributed by atoms with Crippen LogP contribution in [0.2, 0.25) is 5.02 Å². The van der Waals surface area contributed by atoms with E-state index in [4.69, 9.17) is 16.0 Å². The van der Waals surface area contributed by atoms with Gasteiger partial charge in [-0.15, -0.1) is 0 Å². The molecule has 1 aromatic heterocycles. The highest BCUT2D eigenvalue weighted by Crippen LogP contribution is 2.43. The Bertz CT molecular complexity index is 903. The normalized spacial score (nSPS) is 18.0. The minimum atomic E-state index is -0.830. The molecule has 26 heavy (non-hydrogen) atoms. The Morgan fingerprint density at radius 1 is 1.15 bits per heavy atom. The monoisotopic (exact) mass is 373 g/mol. The quantitative estimate of drug-likeness (QED) is 0.842. The molecule has 0 fully saturated rings. The summed E-state index contributed by atoms with van der Waals surface area (Å²) < 4.78 is 5.72. The van der Waals surface area contributed by atoms with E-state index < -0.39 is 23.1 Å². The first-order valence-corrected chi connectivity index (χ1v) is 8.62. The zero-order valence-electron chi connectivity index (χ0n) is 15.0. The summed E-state index contributed by atoms with van der Waals surface area (Å²) in [6.07, 6.45) is 0. The van der Waals surface area contributed by atoms with Gasteiger partial charge in [-0.05, 0) is 43.3 Å². The zero-order chi connectivity index (χ0) is 19.2. The van der Waals surface area contributed by atoms with Gasteiger partial charge in [0.1, 0.15) is 17.6 Å². The predicted molar refractivity (Wildman–Crippen MR) is 99.2 cm³/mol. The molecular formula is C20H20ClNO4. The average Bonchev–Trinajstić information content (AvgIpc) is 3.09. The van der Waals surface area contributed by atoms with Crippen LogP contribution in [0.25, 0.3) is 0 Å². The number of hydrogen-bond acceptors (Lipinski definition) is 4. The van der Waals surface area contributed by atoms with Crippen molar-refractivity contribution in [3.63, 3.8) is 0 Å². The molecule has 5 nitrogen and oxygen atoms in total. The number of benzene rings is 1. The number of aryl methyl sites for hydroxylation is 1. The summed E-state index contributed by atoms with van der Waals surface area (Å²) in [5.74, 6) is -0.420. The van der Waals surface area contributed by atoms with Crippen molar-refractivity contribution in [2.75, 3.05) is 4.90 Å². The summed E-state index contributed by atoms with van der Waals surface area (Å²) in [5.41, 5.74) is -0.201. The van der Waals surface area contributed by atoms with E-state index in [0.29, 0.717) is 22.2 Å². The van der Waals surface area contributed by atoms with E-state index in [-0.39, 0.29) is 11.4 Å². The summed E-state index contributed by atoms with van der Waals surface area (Å²) in [7, 11) is 0. The Hall–Kier alpha value is -2.53. The average molecular weight is 374 g/mol. The third kappa shape index (κ3) is 3.03. The van der Waals surface area contributed by atoms with E-state index in [1.807, 2.05) is 0 Å². The molecule has 1 aromatic carbocycles. The van der Waals surface area contributed by atoms with E-state index in [1.165, 1.54) is 4.90 Å². The van der Waals surface area contributed by atoms with E-state index in [9.17, 15) is 14.7 Å². The van der Waals surface area contributed by atoms with E-state index >= 15 is 0 Å². The third-order valence-electron chi connectivity index (χ3n) is 4.27. The number of anilines is 1. The fourth-order valence-electron chi connectivity index (χ4n) is 2.98. The third-order valence-corrected chi connectivity index (χ3v) is 4.52. The fourth-order valence-corrected chi connectivity index (χ4v) is 3.10. The van der Waals surface area contributed by atoms with Gasteiger partial charge in [0.2, 0.25) is 0 Å².